The summed E-state index contributed by atoms with van der Waals surface area (Å²) < 4.78 is 7.47. The van der Waals surface area contributed by atoms with Crippen LogP contribution in [0.2, 0.25) is 0 Å². The minimum atomic E-state index is -0.104. The summed E-state index contributed by atoms with van der Waals surface area (Å²) in [6.45, 7) is 8.45. The van der Waals surface area contributed by atoms with Gasteiger partial charge in [-0.3, -0.25) is 14.5 Å². The summed E-state index contributed by atoms with van der Waals surface area (Å²) >= 11 is 0. The van der Waals surface area contributed by atoms with Gasteiger partial charge < -0.3 is 10.1 Å². The van der Waals surface area contributed by atoms with Gasteiger partial charge in [0.05, 0.1) is 17.9 Å². The Morgan fingerprint density at radius 2 is 2.17 bits per heavy atom. The lowest BCUT2D eigenvalue weighted by Gasteiger charge is -2.24. The summed E-state index contributed by atoms with van der Waals surface area (Å²) in [5, 5.41) is 7.49. The fourth-order valence-electron chi connectivity index (χ4n) is 3.32. The molecular formula is C18H24N4O2. The highest BCUT2D eigenvalue weighted by Crippen LogP contribution is 2.31. The minimum Gasteiger partial charge on any atom is -0.369 e. The molecule has 3 rings (SSSR count). The zero-order valence-corrected chi connectivity index (χ0v) is 14.9. The lowest BCUT2D eigenvalue weighted by molar-refractivity contribution is -0.00710. The molecule has 6 heteroatoms. The number of hydrogen-bond acceptors (Lipinski definition) is 4. The van der Waals surface area contributed by atoms with E-state index in [9.17, 15) is 4.79 Å². The number of carbonyl (C=O) groups is 1. The van der Waals surface area contributed by atoms with E-state index in [2.05, 4.69) is 15.4 Å². The van der Waals surface area contributed by atoms with Crippen molar-refractivity contribution in [2.45, 2.75) is 52.9 Å². The van der Waals surface area contributed by atoms with Gasteiger partial charge in [0.2, 0.25) is 0 Å². The lowest BCUT2D eigenvalue weighted by Crippen LogP contribution is -2.28. The zero-order valence-electron chi connectivity index (χ0n) is 14.9. The first kappa shape index (κ1) is 16.6. The zero-order chi connectivity index (χ0) is 17.4. The molecule has 0 radical (unpaired) electrons. The standard InChI is InChI=1S/C18H24N4O2/c1-10-6-11(2)19-8-14(10)9-20-18(23)17-15-7-12(3)24-13(4)16(15)21-22(17)5/h6,8,12-13H,7,9H2,1-5H3,(H,20,23)/t12-,13+/m1/s1. The molecule has 0 aliphatic carbocycles. The summed E-state index contributed by atoms with van der Waals surface area (Å²) in [7, 11) is 1.81. The molecule has 2 aromatic heterocycles. The summed E-state index contributed by atoms with van der Waals surface area (Å²) in [4.78, 5) is 17.0. The molecule has 0 saturated carbocycles. The van der Waals surface area contributed by atoms with Crippen molar-refractivity contribution in [3.63, 3.8) is 0 Å². The second-order valence-corrected chi connectivity index (χ2v) is 6.56. The molecule has 24 heavy (non-hydrogen) atoms. The second-order valence-electron chi connectivity index (χ2n) is 6.56. The van der Waals surface area contributed by atoms with Crippen LogP contribution in [0.15, 0.2) is 12.3 Å². The van der Waals surface area contributed by atoms with E-state index in [4.69, 9.17) is 4.74 Å². The van der Waals surface area contributed by atoms with Gasteiger partial charge in [-0.05, 0) is 44.9 Å². The number of carbonyl (C=O) groups excluding carboxylic acids is 1. The first-order valence-electron chi connectivity index (χ1n) is 8.28. The Morgan fingerprint density at radius 3 is 2.88 bits per heavy atom. The maximum absolute atomic E-state index is 12.7. The van der Waals surface area contributed by atoms with Crippen molar-refractivity contribution in [3.8, 4) is 0 Å². The van der Waals surface area contributed by atoms with E-state index >= 15 is 0 Å². The first-order valence-corrected chi connectivity index (χ1v) is 8.28. The molecule has 2 aromatic rings. The number of hydrogen-bond donors (Lipinski definition) is 1. The molecule has 0 bridgehead atoms. The van der Waals surface area contributed by atoms with Gasteiger partial charge in [-0.25, -0.2) is 0 Å². The van der Waals surface area contributed by atoms with Crippen LogP contribution in [-0.4, -0.2) is 26.8 Å². The Labute approximate surface area is 142 Å². The second kappa shape index (κ2) is 6.36. The smallest absolute Gasteiger partial charge is 0.270 e. The molecule has 0 fully saturated rings. The molecule has 1 aliphatic heterocycles. The number of rotatable bonds is 3. The Balaban J connectivity index is 1.81. The van der Waals surface area contributed by atoms with Gasteiger partial charge in [0.1, 0.15) is 5.69 Å². The Kier molecular flexibility index (Phi) is 4.41. The number of nitrogens with zero attached hydrogens (tertiary/aromatic N) is 3. The maximum Gasteiger partial charge on any atom is 0.270 e. The average molecular weight is 328 g/mol. The molecule has 0 unspecified atom stereocenters. The molecule has 0 saturated heterocycles. The van der Waals surface area contributed by atoms with E-state index in [0.717, 1.165) is 28.1 Å². The number of aromatic nitrogens is 3. The molecule has 0 aromatic carbocycles. The van der Waals surface area contributed by atoms with E-state index in [1.807, 2.05) is 47.0 Å². The van der Waals surface area contributed by atoms with Crippen LogP contribution in [-0.2, 0) is 24.8 Å². The summed E-state index contributed by atoms with van der Waals surface area (Å²) in [6, 6.07) is 2.02. The Hall–Kier alpha value is -2.21. The normalized spacial score (nSPS) is 19.9. The van der Waals surface area contributed by atoms with E-state index in [0.29, 0.717) is 18.7 Å². The topological polar surface area (TPSA) is 69.0 Å². The quantitative estimate of drug-likeness (QED) is 0.939. The highest BCUT2D eigenvalue weighted by Gasteiger charge is 2.31. The highest BCUT2D eigenvalue weighted by molar-refractivity contribution is 5.94. The van der Waals surface area contributed by atoms with E-state index in [-0.39, 0.29) is 18.1 Å². The van der Waals surface area contributed by atoms with Crippen molar-refractivity contribution in [3.05, 3.63) is 46.0 Å². The highest BCUT2D eigenvalue weighted by atomic mass is 16.5. The van der Waals surface area contributed by atoms with Crippen molar-refractivity contribution in [1.29, 1.82) is 0 Å². The number of pyridine rings is 1. The lowest BCUT2D eigenvalue weighted by atomic mass is 9.99. The molecule has 1 amide bonds. The van der Waals surface area contributed by atoms with Gasteiger partial charge >= 0.3 is 0 Å². The summed E-state index contributed by atoms with van der Waals surface area (Å²) in [5.74, 6) is -0.104. The Bertz CT molecular complexity index is 782. The van der Waals surface area contributed by atoms with Crippen LogP contribution >= 0.6 is 0 Å². The fraction of sp³-hybridized carbons (Fsp3) is 0.500. The Morgan fingerprint density at radius 1 is 1.42 bits per heavy atom. The van der Waals surface area contributed by atoms with E-state index < -0.39 is 0 Å². The fourth-order valence-corrected chi connectivity index (χ4v) is 3.32. The first-order chi connectivity index (χ1) is 11.4. The van der Waals surface area contributed by atoms with Gasteiger partial charge in [0, 0.05) is 37.5 Å². The molecule has 6 nitrogen and oxygen atoms in total. The molecule has 2 atom stereocenters. The molecule has 128 valence electrons. The monoisotopic (exact) mass is 328 g/mol. The van der Waals surface area contributed by atoms with Crippen LogP contribution in [0.25, 0.3) is 0 Å². The van der Waals surface area contributed by atoms with Crippen LogP contribution in [0.4, 0.5) is 0 Å². The van der Waals surface area contributed by atoms with Crippen LogP contribution in [0, 0.1) is 13.8 Å². The molecular weight excluding hydrogens is 304 g/mol. The van der Waals surface area contributed by atoms with Crippen LogP contribution in [0.1, 0.15) is 58.5 Å². The van der Waals surface area contributed by atoms with Crippen molar-refractivity contribution in [1.82, 2.24) is 20.1 Å². The third-order valence-corrected chi connectivity index (χ3v) is 4.50. The van der Waals surface area contributed by atoms with Gasteiger partial charge in [-0.1, -0.05) is 0 Å². The largest absolute Gasteiger partial charge is 0.369 e. The summed E-state index contributed by atoms with van der Waals surface area (Å²) in [6.07, 6.45) is 2.54. The third-order valence-electron chi connectivity index (χ3n) is 4.50. The predicted molar refractivity (Wildman–Crippen MR) is 90.8 cm³/mol. The van der Waals surface area contributed by atoms with E-state index in [1.165, 1.54) is 0 Å². The summed E-state index contributed by atoms with van der Waals surface area (Å²) in [5.41, 5.74) is 5.63. The third kappa shape index (κ3) is 3.06. The van der Waals surface area contributed by atoms with E-state index in [1.54, 1.807) is 4.68 Å². The van der Waals surface area contributed by atoms with Crippen LogP contribution < -0.4 is 5.32 Å². The predicted octanol–water partition coefficient (Wildman–Crippen LogP) is 2.38. The van der Waals surface area contributed by atoms with Crippen LogP contribution in [0.5, 0.6) is 0 Å². The number of ether oxygens (including phenoxy) is 1. The molecule has 1 N–H and O–H groups in total. The maximum atomic E-state index is 12.7. The van der Waals surface area contributed by atoms with Crippen molar-refractivity contribution >= 4 is 5.91 Å². The van der Waals surface area contributed by atoms with Gasteiger partial charge in [0.25, 0.3) is 5.91 Å². The minimum absolute atomic E-state index is 0.0833. The van der Waals surface area contributed by atoms with Crippen molar-refractivity contribution in [2.75, 3.05) is 0 Å². The number of amides is 1. The SMILES string of the molecule is Cc1cc(C)c(CNC(=O)c2c3c(nn2C)[C@H](C)O[C@H](C)C3)cn1. The van der Waals surface area contributed by atoms with Crippen LogP contribution in [0.3, 0.4) is 0 Å². The molecule has 1 aliphatic rings. The van der Waals surface area contributed by atoms with Gasteiger partial charge in [-0.15, -0.1) is 0 Å². The molecule has 0 spiro atoms. The number of aryl methyl sites for hydroxylation is 3. The van der Waals surface area contributed by atoms with Crippen molar-refractivity contribution < 1.29 is 9.53 Å². The molecule has 3 heterocycles. The number of nitrogens with one attached hydrogen (secondary N) is 1. The average Bonchev–Trinajstić information content (AvgIpc) is 2.82. The van der Waals surface area contributed by atoms with Gasteiger partial charge in [-0.2, -0.15) is 5.10 Å². The van der Waals surface area contributed by atoms with Gasteiger partial charge in [0.15, 0.2) is 0 Å². The van der Waals surface area contributed by atoms with Crippen molar-refractivity contribution in [2.24, 2.45) is 7.05 Å². The number of fused-ring (bicyclic) bond motifs is 1.